The van der Waals surface area contributed by atoms with Gasteiger partial charge in [0.2, 0.25) is 11.8 Å². The second-order valence-electron chi connectivity index (χ2n) is 10.6. The van der Waals surface area contributed by atoms with Crippen LogP contribution in [0.5, 0.6) is 0 Å². The van der Waals surface area contributed by atoms with Crippen LogP contribution in [0, 0.1) is 6.92 Å². The standard InChI is InChI=1S/C30H35Cl2N3O4S/c1-6-27(29(37)33-30(3,4)5)34(19-22-10-8-7-9-11-22)28(36)20-35(25-17-23(31)16-24(32)18-25)40(38,39)26-14-12-21(2)13-15-26/h7-18,27H,6,19-20H2,1-5H3,(H,33,37)/t27-/m0/s1. The minimum Gasteiger partial charge on any atom is -0.350 e. The average Bonchev–Trinajstić information content (AvgIpc) is 2.86. The molecule has 10 heteroatoms. The van der Waals surface area contributed by atoms with E-state index in [1.165, 1.54) is 35.2 Å². The van der Waals surface area contributed by atoms with Crippen molar-refractivity contribution in [2.75, 3.05) is 10.8 Å². The first-order valence-corrected chi connectivity index (χ1v) is 15.1. The Bertz CT molecular complexity index is 1420. The Morgan fingerprint density at radius 2 is 1.50 bits per heavy atom. The molecule has 0 fully saturated rings. The van der Waals surface area contributed by atoms with Crippen molar-refractivity contribution in [1.82, 2.24) is 10.2 Å². The van der Waals surface area contributed by atoms with Gasteiger partial charge in [-0.05, 0) is 70.0 Å². The molecule has 0 saturated carbocycles. The van der Waals surface area contributed by atoms with Crippen molar-refractivity contribution in [3.05, 3.63) is 94.0 Å². The molecule has 3 rings (SSSR count). The quantitative estimate of drug-likeness (QED) is 0.298. The van der Waals surface area contributed by atoms with Crippen molar-refractivity contribution in [1.29, 1.82) is 0 Å². The molecular formula is C30H35Cl2N3O4S. The van der Waals surface area contributed by atoms with Crippen LogP contribution in [0.4, 0.5) is 5.69 Å². The van der Waals surface area contributed by atoms with E-state index in [9.17, 15) is 18.0 Å². The van der Waals surface area contributed by atoms with E-state index in [0.29, 0.717) is 6.42 Å². The molecule has 1 N–H and O–H groups in total. The van der Waals surface area contributed by atoms with E-state index in [-0.39, 0.29) is 33.1 Å². The summed E-state index contributed by atoms with van der Waals surface area (Å²) in [6.45, 7) is 8.79. The third-order valence-electron chi connectivity index (χ3n) is 6.10. The van der Waals surface area contributed by atoms with Crippen molar-refractivity contribution < 1.29 is 18.0 Å². The Morgan fingerprint density at radius 3 is 2.02 bits per heavy atom. The number of benzene rings is 3. The van der Waals surface area contributed by atoms with Gasteiger partial charge in [-0.25, -0.2) is 8.42 Å². The predicted octanol–water partition coefficient (Wildman–Crippen LogP) is 6.22. The first kappa shape index (κ1) is 31.5. The van der Waals surface area contributed by atoms with Crippen molar-refractivity contribution in [3.8, 4) is 0 Å². The zero-order chi connectivity index (χ0) is 29.7. The van der Waals surface area contributed by atoms with Crippen LogP contribution in [0.25, 0.3) is 0 Å². The van der Waals surface area contributed by atoms with Crippen LogP contribution in [0.1, 0.15) is 45.2 Å². The predicted molar refractivity (Wildman–Crippen MR) is 161 cm³/mol. The highest BCUT2D eigenvalue weighted by molar-refractivity contribution is 7.92. The zero-order valence-corrected chi connectivity index (χ0v) is 25.6. The third kappa shape index (κ3) is 8.22. The first-order chi connectivity index (χ1) is 18.7. The van der Waals surface area contributed by atoms with Gasteiger partial charge in [0, 0.05) is 22.1 Å². The van der Waals surface area contributed by atoms with Gasteiger partial charge in [-0.15, -0.1) is 0 Å². The van der Waals surface area contributed by atoms with Crippen LogP contribution in [-0.2, 0) is 26.2 Å². The van der Waals surface area contributed by atoms with E-state index in [1.54, 1.807) is 12.1 Å². The smallest absolute Gasteiger partial charge is 0.264 e. The SMILES string of the molecule is CC[C@@H](C(=O)NC(C)(C)C)N(Cc1ccccc1)C(=O)CN(c1cc(Cl)cc(Cl)c1)S(=O)(=O)c1ccc(C)cc1. The van der Waals surface area contributed by atoms with Crippen molar-refractivity contribution in [2.45, 2.75) is 64.1 Å². The Morgan fingerprint density at radius 1 is 0.925 bits per heavy atom. The van der Waals surface area contributed by atoms with Gasteiger partial charge in [0.15, 0.2) is 0 Å². The summed E-state index contributed by atoms with van der Waals surface area (Å²) in [6.07, 6.45) is 0.328. The molecule has 0 unspecified atom stereocenters. The lowest BCUT2D eigenvalue weighted by Crippen LogP contribution is -2.55. The van der Waals surface area contributed by atoms with Crippen molar-refractivity contribution >= 4 is 50.7 Å². The fourth-order valence-electron chi connectivity index (χ4n) is 4.20. The van der Waals surface area contributed by atoms with E-state index < -0.39 is 34.1 Å². The molecule has 0 spiro atoms. The molecule has 214 valence electrons. The summed E-state index contributed by atoms with van der Waals surface area (Å²) in [5.41, 5.74) is 1.30. The van der Waals surface area contributed by atoms with Gasteiger partial charge in [0.25, 0.3) is 10.0 Å². The molecule has 7 nitrogen and oxygen atoms in total. The fraction of sp³-hybridized carbons (Fsp3) is 0.333. The van der Waals surface area contributed by atoms with Gasteiger partial charge in [-0.2, -0.15) is 0 Å². The molecule has 0 bridgehead atoms. The summed E-state index contributed by atoms with van der Waals surface area (Å²) >= 11 is 12.5. The second-order valence-corrected chi connectivity index (χ2v) is 13.4. The van der Waals surface area contributed by atoms with Crippen molar-refractivity contribution in [2.24, 2.45) is 0 Å². The number of sulfonamides is 1. The number of carbonyl (C=O) groups is 2. The molecule has 0 aliphatic heterocycles. The number of halogens is 2. The lowest BCUT2D eigenvalue weighted by molar-refractivity contribution is -0.141. The fourth-order valence-corrected chi connectivity index (χ4v) is 6.11. The number of amides is 2. The highest BCUT2D eigenvalue weighted by atomic mass is 35.5. The van der Waals surface area contributed by atoms with Gasteiger partial charge in [0.05, 0.1) is 10.6 Å². The van der Waals surface area contributed by atoms with Crippen LogP contribution in [-0.4, -0.2) is 43.3 Å². The topological polar surface area (TPSA) is 86.8 Å². The number of anilines is 1. The van der Waals surface area contributed by atoms with Gasteiger partial charge < -0.3 is 10.2 Å². The second kappa shape index (κ2) is 13.1. The largest absolute Gasteiger partial charge is 0.350 e. The molecule has 40 heavy (non-hydrogen) atoms. The molecule has 3 aromatic carbocycles. The number of nitrogens with one attached hydrogen (secondary N) is 1. The molecule has 2 amide bonds. The third-order valence-corrected chi connectivity index (χ3v) is 8.33. The maximum Gasteiger partial charge on any atom is 0.264 e. The van der Waals surface area contributed by atoms with Gasteiger partial charge in [0.1, 0.15) is 12.6 Å². The molecule has 0 aromatic heterocycles. The average molecular weight is 605 g/mol. The van der Waals surface area contributed by atoms with Crippen LogP contribution in [0.2, 0.25) is 10.0 Å². The summed E-state index contributed by atoms with van der Waals surface area (Å²) < 4.78 is 28.9. The van der Waals surface area contributed by atoms with E-state index in [2.05, 4.69) is 5.32 Å². The lowest BCUT2D eigenvalue weighted by Gasteiger charge is -2.34. The summed E-state index contributed by atoms with van der Waals surface area (Å²) in [4.78, 5) is 28.9. The minimum atomic E-state index is -4.22. The van der Waals surface area contributed by atoms with Crippen LogP contribution < -0.4 is 9.62 Å². The molecule has 0 heterocycles. The summed E-state index contributed by atoms with van der Waals surface area (Å²) in [5, 5.41) is 3.39. The summed E-state index contributed by atoms with van der Waals surface area (Å²) in [5.74, 6) is -0.871. The Labute approximate surface area is 247 Å². The summed E-state index contributed by atoms with van der Waals surface area (Å²) in [6, 6.07) is 19.1. The van der Waals surface area contributed by atoms with Gasteiger partial charge in [-0.1, -0.05) is 78.2 Å². The van der Waals surface area contributed by atoms with Gasteiger partial charge in [-0.3, -0.25) is 13.9 Å². The monoisotopic (exact) mass is 603 g/mol. The number of carbonyl (C=O) groups excluding carboxylic acids is 2. The Hall–Kier alpha value is -3.07. The normalized spacial score (nSPS) is 12.5. The maximum atomic E-state index is 14.1. The molecular weight excluding hydrogens is 569 g/mol. The maximum absolute atomic E-state index is 14.1. The van der Waals surface area contributed by atoms with E-state index >= 15 is 0 Å². The Kier molecular flexibility index (Phi) is 10.3. The van der Waals surface area contributed by atoms with Crippen LogP contribution in [0.15, 0.2) is 77.7 Å². The molecule has 3 aromatic rings. The lowest BCUT2D eigenvalue weighted by atomic mass is 10.1. The highest BCUT2D eigenvalue weighted by Gasteiger charge is 2.34. The molecule has 0 aliphatic carbocycles. The number of aryl methyl sites for hydroxylation is 1. The van der Waals surface area contributed by atoms with E-state index in [0.717, 1.165) is 15.4 Å². The Balaban J connectivity index is 2.09. The first-order valence-electron chi connectivity index (χ1n) is 12.9. The van der Waals surface area contributed by atoms with Gasteiger partial charge >= 0.3 is 0 Å². The molecule has 0 radical (unpaired) electrons. The molecule has 0 aliphatic rings. The van der Waals surface area contributed by atoms with E-state index in [4.69, 9.17) is 23.2 Å². The van der Waals surface area contributed by atoms with Crippen LogP contribution >= 0.6 is 23.2 Å². The number of hydrogen-bond acceptors (Lipinski definition) is 4. The summed E-state index contributed by atoms with van der Waals surface area (Å²) in [7, 11) is -4.22. The number of rotatable bonds is 10. The zero-order valence-electron chi connectivity index (χ0n) is 23.3. The van der Waals surface area contributed by atoms with E-state index in [1.807, 2.05) is 65.0 Å². The van der Waals surface area contributed by atoms with Crippen LogP contribution in [0.3, 0.4) is 0 Å². The molecule has 1 atom stereocenters. The van der Waals surface area contributed by atoms with Crippen molar-refractivity contribution in [3.63, 3.8) is 0 Å². The number of hydrogen-bond donors (Lipinski definition) is 1. The number of nitrogens with zero attached hydrogens (tertiary/aromatic N) is 2. The highest BCUT2D eigenvalue weighted by Crippen LogP contribution is 2.30. The minimum absolute atomic E-state index is 0.00845. The molecule has 0 saturated heterocycles.